The third-order valence-electron chi connectivity index (χ3n) is 6.53. The Balaban J connectivity index is 1.50. The largest absolute Gasteiger partial charge is 0.333 e. The molecule has 5 rings (SSSR count). The second-order valence-electron chi connectivity index (χ2n) is 8.40. The molecule has 3 nitrogen and oxygen atoms in total. The molecule has 1 amide bonds. The van der Waals surface area contributed by atoms with Crippen LogP contribution in [0.5, 0.6) is 0 Å². The fraction of sp³-hybridized carbons (Fsp3) is 0.391. The molecule has 2 aliphatic heterocycles. The maximum absolute atomic E-state index is 13.4. The summed E-state index contributed by atoms with van der Waals surface area (Å²) in [5.41, 5.74) is 6.07. The Kier molecular flexibility index (Phi) is 3.37. The minimum atomic E-state index is 0.179. The highest BCUT2D eigenvalue weighted by Crippen LogP contribution is 2.47. The zero-order valence-corrected chi connectivity index (χ0v) is 15.4. The van der Waals surface area contributed by atoms with Gasteiger partial charge in [0.05, 0.1) is 5.69 Å². The molecule has 0 spiro atoms. The lowest BCUT2D eigenvalue weighted by Gasteiger charge is -2.53. The topological polar surface area (TPSA) is 32.7 Å². The molecule has 2 aromatic rings. The third-order valence-corrected chi connectivity index (χ3v) is 6.53. The van der Waals surface area contributed by atoms with Crippen LogP contribution in [0.25, 0.3) is 0 Å². The van der Waals surface area contributed by atoms with Gasteiger partial charge in [0.25, 0.3) is 5.91 Å². The van der Waals surface area contributed by atoms with E-state index in [0.717, 1.165) is 36.9 Å². The highest BCUT2D eigenvalue weighted by Gasteiger charge is 2.47. The van der Waals surface area contributed by atoms with Gasteiger partial charge >= 0.3 is 0 Å². The van der Waals surface area contributed by atoms with Gasteiger partial charge in [0.1, 0.15) is 0 Å². The van der Waals surface area contributed by atoms with Crippen molar-refractivity contribution in [1.82, 2.24) is 4.90 Å². The van der Waals surface area contributed by atoms with Gasteiger partial charge in [0.15, 0.2) is 0 Å². The van der Waals surface area contributed by atoms with Crippen molar-refractivity contribution in [3.63, 3.8) is 0 Å². The van der Waals surface area contributed by atoms with E-state index in [-0.39, 0.29) is 23.4 Å². The van der Waals surface area contributed by atoms with Crippen LogP contribution in [0.15, 0.2) is 47.5 Å². The average molecular weight is 344 g/mol. The van der Waals surface area contributed by atoms with E-state index in [0.29, 0.717) is 0 Å². The van der Waals surface area contributed by atoms with E-state index in [1.165, 1.54) is 16.7 Å². The van der Waals surface area contributed by atoms with E-state index >= 15 is 0 Å². The zero-order valence-electron chi connectivity index (χ0n) is 15.4. The summed E-state index contributed by atoms with van der Waals surface area (Å²) < 4.78 is 0. The molecule has 0 N–H and O–H groups in total. The molecule has 0 radical (unpaired) electrons. The van der Waals surface area contributed by atoms with Crippen molar-refractivity contribution < 1.29 is 4.79 Å². The summed E-state index contributed by atoms with van der Waals surface area (Å²) in [4.78, 5) is 19.9. The van der Waals surface area contributed by atoms with E-state index in [4.69, 9.17) is 0 Å². The van der Waals surface area contributed by atoms with Gasteiger partial charge in [-0.25, -0.2) is 0 Å². The van der Waals surface area contributed by atoms with E-state index in [2.05, 4.69) is 48.0 Å². The van der Waals surface area contributed by atoms with Gasteiger partial charge in [0, 0.05) is 30.3 Å². The zero-order chi connectivity index (χ0) is 17.9. The second kappa shape index (κ2) is 5.54. The Hall–Kier alpha value is -2.42. The molecule has 0 aromatic heterocycles. The van der Waals surface area contributed by atoms with E-state index in [9.17, 15) is 4.79 Å². The predicted molar refractivity (Wildman–Crippen MR) is 104 cm³/mol. The highest BCUT2D eigenvalue weighted by atomic mass is 16.2. The van der Waals surface area contributed by atoms with Gasteiger partial charge in [-0.15, -0.1) is 0 Å². The van der Waals surface area contributed by atoms with E-state index in [1.807, 2.05) is 24.4 Å². The monoisotopic (exact) mass is 344 g/mol. The van der Waals surface area contributed by atoms with Crippen LogP contribution in [-0.2, 0) is 18.3 Å². The summed E-state index contributed by atoms with van der Waals surface area (Å²) in [6, 6.07) is 15.3. The quantitative estimate of drug-likeness (QED) is 0.752. The van der Waals surface area contributed by atoms with Crippen LogP contribution >= 0.6 is 0 Å². The van der Waals surface area contributed by atoms with Crippen LogP contribution in [0.1, 0.15) is 53.7 Å². The lowest BCUT2D eigenvalue weighted by atomic mass is 9.63. The molecule has 2 heterocycles. The van der Waals surface area contributed by atoms with Crippen molar-refractivity contribution in [1.29, 1.82) is 0 Å². The SMILES string of the molecule is C[C@@H]1C[C@]2(C)C[C@@H](Cc3ccccc32)N1C(=O)c1ccc2c(c1)CC=N2. The number of nitrogens with zero attached hydrogens (tertiary/aromatic N) is 2. The molecule has 0 unspecified atom stereocenters. The summed E-state index contributed by atoms with van der Waals surface area (Å²) in [6.07, 6.45) is 5.82. The van der Waals surface area contributed by atoms with Crippen molar-refractivity contribution in [2.45, 2.75) is 57.0 Å². The fourth-order valence-corrected chi connectivity index (χ4v) is 5.51. The molecule has 1 saturated heterocycles. The first kappa shape index (κ1) is 15.8. The van der Waals surface area contributed by atoms with Crippen molar-refractivity contribution >= 4 is 17.8 Å². The van der Waals surface area contributed by atoms with Gasteiger partial charge in [-0.2, -0.15) is 0 Å². The second-order valence-corrected chi connectivity index (χ2v) is 8.40. The number of carbonyl (C=O) groups excluding carboxylic acids is 1. The lowest BCUT2D eigenvalue weighted by Crippen LogP contribution is -2.58. The molecule has 26 heavy (non-hydrogen) atoms. The molecule has 2 bridgehead atoms. The minimum absolute atomic E-state index is 0.179. The first-order valence-electron chi connectivity index (χ1n) is 9.62. The number of aliphatic imine (C=N–C) groups is 1. The Bertz CT molecular complexity index is 932. The molecule has 1 fully saturated rings. The Morgan fingerprint density at radius 1 is 1.15 bits per heavy atom. The number of fused-ring (bicyclic) bond motifs is 5. The summed E-state index contributed by atoms with van der Waals surface area (Å²) >= 11 is 0. The number of benzene rings is 2. The van der Waals surface area contributed by atoms with Crippen LogP contribution in [0.3, 0.4) is 0 Å². The van der Waals surface area contributed by atoms with Crippen LogP contribution in [0, 0.1) is 0 Å². The summed E-state index contributed by atoms with van der Waals surface area (Å²) in [6.45, 7) is 4.59. The van der Waals surface area contributed by atoms with Crippen molar-refractivity contribution in [2.24, 2.45) is 4.99 Å². The van der Waals surface area contributed by atoms with Gasteiger partial charge in [-0.1, -0.05) is 31.2 Å². The first-order valence-corrected chi connectivity index (χ1v) is 9.62. The number of piperidine rings is 1. The molecule has 2 aromatic carbocycles. The van der Waals surface area contributed by atoms with Gasteiger partial charge < -0.3 is 4.90 Å². The van der Waals surface area contributed by atoms with Crippen LogP contribution < -0.4 is 0 Å². The van der Waals surface area contributed by atoms with E-state index in [1.54, 1.807) is 0 Å². The number of likely N-dealkylation sites (tertiary alicyclic amines) is 1. The van der Waals surface area contributed by atoms with Gasteiger partial charge in [-0.05, 0) is 66.5 Å². The van der Waals surface area contributed by atoms with Crippen molar-refractivity contribution in [2.75, 3.05) is 0 Å². The Labute approximate surface area is 154 Å². The Morgan fingerprint density at radius 3 is 2.88 bits per heavy atom. The Morgan fingerprint density at radius 2 is 2.00 bits per heavy atom. The van der Waals surface area contributed by atoms with E-state index < -0.39 is 0 Å². The molecule has 132 valence electrons. The standard InChI is InChI=1S/C23H24N2O/c1-15-13-23(2)14-19(12-16-5-3-4-6-20(16)23)25(15)22(26)18-7-8-21-17(11-18)9-10-24-21/h3-8,10-11,15,19H,9,12-14H2,1-2H3/t15-,19-,23-/m1/s1. The number of amides is 1. The number of rotatable bonds is 1. The third kappa shape index (κ3) is 2.26. The molecule has 3 atom stereocenters. The maximum Gasteiger partial charge on any atom is 0.254 e. The summed E-state index contributed by atoms with van der Waals surface area (Å²) in [7, 11) is 0. The molecule has 3 aliphatic rings. The highest BCUT2D eigenvalue weighted by molar-refractivity contribution is 5.96. The molecule has 3 heteroatoms. The summed E-state index contributed by atoms with van der Waals surface area (Å²) in [5, 5.41) is 0. The fourth-order valence-electron chi connectivity index (χ4n) is 5.51. The number of hydrogen-bond donors (Lipinski definition) is 0. The normalized spacial score (nSPS) is 28.6. The van der Waals surface area contributed by atoms with Crippen molar-refractivity contribution in [3.05, 3.63) is 64.7 Å². The molecule has 1 aliphatic carbocycles. The first-order chi connectivity index (χ1) is 12.5. The van der Waals surface area contributed by atoms with Gasteiger partial charge in [-0.3, -0.25) is 9.79 Å². The molecule has 0 saturated carbocycles. The number of hydrogen-bond acceptors (Lipinski definition) is 2. The van der Waals surface area contributed by atoms with Crippen molar-refractivity contribution in [3.8, 4) is 0 Å². The molecular formula is C23H24N2O. The van der Waals surface area contributed by atoms with Crippen LogP contribution in [0.4, 0.5) is 5.69 Å². The minimum Gasteiger partial charge on any atom is -0.333 e. The average Bonchev–Trinajstić information content (AvgIpc) is 3.08. The number of carbonyl (C=O) groups is 1. The predicted octanol–water partition coefficient (Wildman–Crippen LogP) is 4.45. The summed E-state index contributed by atoms with van der Waals surface area (Å²) in [5.74, 6) is 0.179. The van der Waals surface area contributed by atoms with Crippen LogP contribution in [-0.4, -0.2) is 29.1 Å². The molecular weight excluding hydrogens is 320 g/mol. The maximum atomic E-state index is 13.4. The van der Waals surface area contributed by atoms with Gasteiger partial charge in [0.2, 0.25) is 0 Å². The smallest absolute Gasteiger partial charge is 0.254 e. The van der Waals surface area contributed by atoms with Crippen LogP contribution in [0.2, 0.25) is 0 Å². The lowest BCUT2D eigenvalue weighted by molar-refractivity contribution is 0.0291.